The van der Waals surface area contributed by atoms with Crippen molar-refractivity contribution in [2.24, 2.45) is 5.11 Å². The maximum Gasteiger partial charge on any atom is 0.561 e. The SMILES string of the molecule is O=C1[N+]=N[C]=CN1. The minimum Gasteiger partial charge on any atom is -0.203 e. The Bertz CT molecular complexity index is 137. The van der Waals surface area contributed by atoms with E-state index in [-0.39, 0.29) is 0 Å². The molecule has 7 heavy (non-hydrogen) atoms. The number of nitrogens with zero attached hydrogens (tertiary/aromatic N) is 2. The summed E-state index contributed by atoms with van der Waals surface area (Å²) in [6, 6.07) is -0.446. The van der Waals surface area contributed by atoms with Crippen molar-refractivity contribution < 1.29 is 4.79 Å². The number of carbonyl (C=O) groups is 1. The number of urea groups is 1. The van der Waals surface area contributed by atoms with Crippen LogP contribution in [0.25, 0.3) is 0 Å². The van der Waals surface area contributed by atoms with Crippen molar-refractivity contribution >= 4 is 6.03 Å². The molecule has 4 heteroatoms. The summed E-state index contributed by atoms with van der Waals surface area (Å²) in [4.78, 5) is 10.0. The summed E-state index contributed by atoms with van der Waals surface area (Å²) in [7, 11) is 0. The van der Waals surface area contributed by atoms with Gasteiger partial charge in [0, 0.05) is 0 Å². The van der Waals surface area contributed by atoms with E-state index in [4.69, 9.17) is 0 Å². The zero-order valence-corrected chi connectivity index (χ0v) is 3.38. The van der Waals surface area contributed by atoms with Crippen molar-refractivity contribution in [2.75, 3.05) is 0 Å². The van der Waals surface area contributed by atoms with Gasteiger partial charge in [0.05, 0.1) is 0 Å². The predicted octanol–water partition coefficient (Wildman–Crippen LogP) is -0.228. The van der Waals surface area contributed by atoms with Crippen molar-refractivity contribution in [3.63, 3.8) is 0 Å². The molecular formula is C3H2N3O+. The molecule has 0 aromatic carbocycles. The molecule has 1 aliphatic rings. The highest BCUT2D eigenvalue weighted by atomic mass is 16.2. The van der Waals surface area contributed by atoms with Gasteiger partial charge in [0.1, 0.15) is 11.3 Å². The highest BCUT2D eigenvalue weighted by Gasteiger charge is 2.08. The lowest BCUT2D eigenvalue weighted by molar-refractivity contribution is 0.246. The van der Waals surface area contributed by atoms with E-state index < -0.39 is 6.03 Å². The number of amides is 2. The van der Waals surface area contributed by atoms with Crippen molar-refractivity contribution in [1.82, 2.24) is 10.4 Å². The Balaban J connectivity index is 2.66. The summed E-state index contributed by atoms with van der Waals surface area (Å²) in [6.07, 6.45) is 3.62. The average molecular weight is 96.1 g/mol. The predicted molar refractivity (Wildman–Crippen MR) is 20.9 cm³/mol. The van der Waals surface area contributed by atoms with Crippen LogP contribution in [0.15, 0.2) is 11.3 Å². The van der Waals surface area contributed by atoms with Crippen LogP contribution in [0, 0.1) is 6.20 Å². The number of azo groups is 1. The Morgan fingerprint density at radius 2 is 2.86 bits per heavy atom. The van der Waals surface area contributed by atoms with Gasteiger partial charge in [0.2, 0.25) is 0 Å². The summed E-state index contributed by atoms with van der Waals surface area (Å²) in [5, 5.41) is 8.47. The van der Waals surface area contributed by atoms with Gasteiger partial charge >= 0.3 is 6.03 Å². The number of carbonyl (C=O) groups excluding carboxylic acids is 1. The van der Waals surface area contributed by atoms with E-state index in [9.17, 15) is 4.79 Å². The zero-order chi connectivity index (χ0) is 5.11. The molecule has 0 fully saturated rings. The van der Waals surface area contributed by atoms with E-state index in [1.54, 1.807) is 0 Å². The smallest absolute Gasteiger partial charge is 0.203 e. The van der Waals surface area contributed by atoms with Gasteiger partial charge in [0.15, 0.2) is 6.20 Å². The fourth-order valence-electron chi connectivity index (χ4n) is 0.226. The first-order valence-corrected chi connectivity index (χ1v) is 1.68. The maximum atomic E-state index is 10.0. The molecule has 0 spiro atoms. The van der Waals surface area contributed by atoms with Crippen LogP contribution < -0.4 is 10.4 Å². The largest absolute Gasteiger partial charge is 0.561 e. The Labute approximate surface area is 39.9 Å². The van der Waals surface area contributed by atoms with Gasteiger partial charge in [-0.2, -0.15) is 4.79 Å². The molecule has 0 aromatic heterocycles. The number of hydrogen-bond donors (Lipinski definition) is 1. The molecule has 1 N–H and O–H groups in total. The second-order valence-corrected chi connectivity index (χ2v) is 0.923. The third-order valence-electron chi connectivity index (χ3n) is 0.459. The van der Waals surface area contributed by atoms with Crippen LogP contribution in [0.4, 0.5) is 4.79 Å². The standard InChI is InChI=1S/C3H2N3O/c7-3-4-1-2-5-6-3/h1H,(H,4,7)/q+1. The van der Waals surface area contributed by atoms with Gasteiger partial charge < -0.3 is 0 Å². The molecule has 1 heterocycles. The first-order chi connectivity index (χ1) is 3.39. The Morgan fingerprint density at radius 1 is 2.00 bits per heavy atom. The summed E-state index contributed by atoms with van der Waals surface area (Å²) in [6.45, 7) is 0. The fourth-order valence-corrected chi connectivity index (χ4v) is 0.226. The Morgan fingerprint density at radius 3 is 3.14 bits per heavy atom. The minimum absolute atomic E-state index is 0.446. The summed E-state index contributed by atoms with van der Waals surface area (Å²) in [5.74, 6) is 0. The molecule has 0 aliphatic carbocycles. The molecule has 0 aromatic rings. The van der Waals surface area contributed by atoms with Crippen molar-refractivity contribution in [3.05, 3.63) is 12.4 Å². The lowest BCUT2D eigenvalue weighted by Crippen LogP contribution is -2.20. The van der Waals surface area contributed by atoms with Crippen molar-refractivity contribution in [3.8, 4) is 0 Å². The lowest BCUT2D eigenvalue weighted by atomic mass is 10.8. The molecule has 34 valence electrons. The third kappa shape index (κ3) is 0.819. The van der Waals surface area contributed by atoms with Crippen LogP contribution in [0.1, 0.15) is 0 Å². The highest BCUT2D eigenvalue weighted by molar-refractivity contribution is 5.73. The molecule has 4 nitrogen and oxygen atoms in total. The second kappa shape index (κ2) is 1.51. The number of hydrogen-bond acceptors (Lipinski definition) is 2. The quantitative estimate of drug-likeness (QED) is 0.445. The molecule has 0 saturated heterocycles. The van der Waals surface area contributed by atoms with Crippen LogP contribution in [-0.4, -0.2) is 6.03 Å². The van der Waals surface area contributed by atoms with Crippen LogP contribution >= 0.6 is 0 Å². The topological polar surface area (TPSA) is 55.6 Å². The van der Waals surface area contributed by atoms with Crippen LogP contribution in [0.2, 0.25) is 0 Å². The number of rotatable bonds is 0. The van der Waals surface area contributed by atoms with Gasteiger partial charge in [-0.25, -0.2) is 5.32 Å². The first kappa shape index (κ1) is 3.98. The Hall–Kier alpha value is -1.19. The highest BCUT2D eigenvalue weighted by Crippen LogP contribution is 1.73. The van der Waals surface area contributed by atoms with Crippen molar-refractivity contribution in [1.29, 1.82) is 0 Å². The van der Waals surface area contributed by atoms with Gasteiger partial charge in [-0.15, -0.1) is 0 Å². The molecule has 0 saturated carbocycles. The number of nitrogens with one attached hydrogen (secondary N) is 1. The van der Waals surface area contributed by atoms with Gasteiger partial charge in [-0.1, -0.05) is 0 Å². The molecular weight excluding hydrogens is 94.1 g/mol. The van der Waals surface area contributed by atoms with E-state index in [1.807, 2.05) is 0 Å². The summed E-state index contributed by atoms with van der Waals surface area (Å²) >= 11 is 0. The van der Waals surface area contributed by atoms with E-state index in [2.05, 4.69) is 21.7 Å². The van der Waals surface area contributed by atoms with E-state index >= 15 is 0 Å². The molecule has 0 unspecified atom stereocenters. The monoisotopic (exact) mass is 96.0 g/mol. The van der Waals surface area contributed by atoms with Gasteiger partial charge in [-0.05, 0) is 5.11 Å². The second-order valence-electron chi connectivity index (χ2n) is 0.923. The first-order valence-electron chi connectivity index (χ1n) is 1.68. The van der Waals surface area contributed by atoms with E-state index in [0.29, 0.717) is 0 Å². The molecule has 0 bridgehead atoms. The average Bonchev–Trinajstić information content (AvgIpc) is 1.69. The molecule has 1 rings (SSSR count). The molecule has 1 aliphatic heterocycles. The fraction of sp³-hybridized carbons (Fsp3) is 0. The normalized spacial score (nSPS) is 16.9. The minimum atomic E-state index is -0.446. The molecule has 2 radical (unpaired) electrons. The Kier molecular flexibility index (Phi) is 0.856. The lowest BCUT2D eigenvalue weighted by Gasteiger charge is -1.77. The van der Waals surface area contributed by atoms with Crippen LogP contribution in [0.5, 0.6) is 0 Å². The van der Waals surface area contributed by atoms with Crippen LogP contribution in [-0.2, 0) is 0 Å². The third-order valence-corrected chi connectivity index (χ3v) is 0.459. The summed E-state index contributed by atoms with van der Waals surface area (Å²) in [5.41, 5.74) is 0. The molecule has 0 atom stereocenters. The van der Waals surface area contributed by atoms with Crippen molar-refractivity contribution in [2.45, 2.75) is 0 Å². The van der Waals surface area contributed by atoms with Crippen LogP contribution in [0.3, 0.4) is 0 Å². The van der Waals surface area contributed by atoms with E-state index in [1.165, 1.54) is 6.20 Å². The van der Waals surface area contributed by atoms with Gasteiger partial charge in [0.25, 0.3) is 0 Å². The molecule has 2 amide bonds. The zero-order valence-electron chi connectivity index (χ0n) is 3.38. The van der Waals surface area contributed by atoms with Gasteiger partial charge in [-0.3, -0.25) is 0 Å². The van der Waals surface area contributed by atoms with E-state index in [0.717, 1.165) is 0 Å². The maximum absolute atomic E-state index is 10.0. The summed E-state index contributed by atoms with van der Waals surface area (Å²) < 4.78 is 0.